The molecule has 1 fully saturated rings. The van der Waals surface area contributed by atoms with Crippen molar-refractivity contribution in [3.63, 3.8) is 0 Å². The van der Waals surface area contributed by atoms with Gasteiger partial charge < -0.3 is 11.1 Å². The fourth-order valence-corrected chi connectivity index (χ4v) is 2.14. The third kappa shape index (κ3) is 1.74. The highest BCUT2D eigenvalue weighted by Gasteiger charge is 2.33. The van der Waals surface area contributed by atoms with Gasteiger partial charge in [-0.3, -0.25) is 0 Å². The second-order valence-electron chi connectivity index (χ2n) is 3.95. The van der Waals surface area contributed by atoms with Gasteiger partial charge in [0.05, 0.1) is 0 Å². The van der Waals surface area contributed by atoms with Gasteiger partial charge in [0.1, 0.15) is 0 Å². The Morgan fingerprint density at radius 2 is 2.27 bits per heavy atom. The molecule has 1 rings (SSSR count). The number of hydrogen-bond donors (Lipinski definition) is 2. The summed E-state index contributed by atoms with van der Waals surface area (Å²) in [5.41, 5.74) is 6.12. The molecule has 1 aliphatic carbocycles. The lowest BCUT2D eigenvalue weighted by atomic mass is 9.72. The van der Waals surface area contributed by atoms with Gasteiger partial charge in [0.2, 0.25) is 0 Å². The van der Waals surface area contributed by atoms with Crippen molar-refractivity contribution in [2.45, 2.75) is 38.6 Å². The van der Waals surface area contributed by atoms with Crippen LogP contribution in [0.4, 0.5) is 0 Å². The third-order valence-electron chi connectivity index (χ3n) is 3.15. The Morgan fingerprint density at radius 1 is 1.55 bits per heavy atom. The predicted molar refractivity (Wildman–Crippen MR) is 48.5 cm³/mol. The second kappa shape index (κ2) is 3.55. The first-order valence-corrected chi connectivity index (χ1v) is 4.60. The van der Waals surface area contributed by atoms with Gasteiger partial charge in [-0.05, 0) is 31.8 Å². The van der Waals surface area contributed by atoms with Crippen molar-refractivity contribution in [2.75, 3.05) is 13.6 Å². The molecule has 0 heterocycles. The van der Waals surface area contributed by atoms with Gasteiger partial charge in [-0.2, -0.15) is 0 Å². The molecule has 11 heavy (non-hydrogen) atoms. The Morgan fingerprint density at radius 3 is 2.73 bits per heavy atom. The molecule has 2 heteroatoms. The highest BCUT2D eigenvalue weighted by Crippen LogP contribution is 2.34. The first-order valence-electron chi connectivity index (χ1n) is 4.60. The van der Waals surface area contributed by atoms with Gasteiger partial charge in [-0.1, -0.05) is 19.8 Å². The molecule has 0 aromatic carbocycles. The van der Waals surface area contributed by atoms with Crippen molar-refractivity contribution >= 4 is 0 Å². The molecule has 0 amide bonds. The molecule has 0 aromatic rings. The van der Waals surface area contributed by atoms with Crippen LogP contribution in [0.2, 0.25) is 0 Å². The Kier molecular flexibility index (Phi) is 2.90. The standard InChI is InChI=1S/C9H20N2/c1-9(7-10)6-4-3-5-8(9)11-2/h8,11H,3-7,10H2,1-2H3. The lowest BCUT2D eigenvalue weighted by Crippen LogP contribution is -2.48. The molecule has 3 N–H and O–H groups in total. The summed E-state index contributed by atoms with van der Waals surface area (Å²) in [5, 5.41) is 3.37. The zero-order chi connectivity index (χ0) is 8.32. The molecule has 0 bridgehead atoms. The van der Waals surface area contributed by atoms with E-state index in [9.17, 15) is 0 Å². The van der Waals surface area contributed by atoms with Gasteiger partial charge in [-0.15, -0.1) is 0 Å². The van der Waals surface area contributed by atoms with Crippen molar-refractivity contribution < 1.29 is 0 Å². The minimum absolute atomic E-state index is 0.354. The Balaban J connectivity index is 2.57. The van der Waals surface area contributed by atoms with Crippen LogP contribution in [0, 0.1) is 5.41 Å². The lowest BCUT2D eigenvalue weighted by molar-refractivity contribution is 0.162. The molecular weight excluding hydrogens is 136 g/mol. The summed E-state index contributed by atoms with van der Waals surface area (Å²) in [6.45, 7) is 3.12. The highest BCUT2D eigenvalue weighted by atomic mass is 14.9. The summed E-state index contributed by atoms with van der Waals surface area (Å²) in [4.78, 5) is 0. The van der Waals surface area contributed by atoms with Crippen LogP contribution in [0.1, 0.15) is 32.6 Å². The highest BCUT2D eigenvalue weighted by molar-refractivity contribution is 4.90. The maximum atomic E-state index is 5.76. The van der Waals surface area contributed by atoms with Crippen LogP contribution < -0.4 is 11.1 Å². The average molecular weight is 156 g/mol. The van der Waals surface area contributed by atoms with Gasteiger partial charge >= 0.3 is 0 Å². The molecular formula is C9H20N2. The molecule has 2 atom stereocenters. The normalized spacial score (nSPS) is 39.0. The van der Waals surface area contributed by atoms with Crippen LogP contribution in [-0.2, 0) is 0 Å². The quantitative estimate of drug-likeness (QED) is 0.628. The van der Waals surface area contributed by atoms with E-state index >= 15 is 0 Å². The van der Waals surface area contributed by atoms with Crippen molar-refractivity contribution in [3.8, 4) is 0 Å². The molecule has 0 aromatic heterocycles. The van der Waals surface area contributed by atoms with E-state index in [0.717, 1.165) is 6.54 Å². The first-order chi connectivity index (χ1) is 5.23. The molecule has 0 saturated heterocycles. The van der Waals surface area contributed by atoms with E-state index in [0.29, 0.717) is 11.5 Å². The van der Waals surface area contributed by atoms with E-state index in [1.807, 2.05) is 7.05 Å². The van der Waals surface area contributed by atoms with E-state index in [2.05, 4.69) is 12.2 Å². The SMILES string of the molecule is CNC1CCCCC1(C)CN. The number of nitrogens with two attached hydrogens (primary N) is 1. The van der Waals surface area contributed by atoms with E-state index in [-0.39, 0.29) is 0 Å². The van der Waals surface area contributed by atoms with Crippen LogP contribution >= 0.6 is 0 Å². The lowest BCUT2D eigenvalue weighted by Gasteiger charge is -2.40. The maximum absolute atomic E-state index is 5.76. The topological polar surface area (TPSA) is 38.0 Å². The van der Waals surface area contributed by atoms with Crippen LogP contribution in [0.25, 0.3) is 0 Å². The molecule has 0 spiro atoms. The molecule has 2 nitrogen and oxygen atoms in total. The van der Waals surface area contributed by atoms with Crippen LogP contribution in [0.3, 0.4) is 0 Å². The number of nitrogens with one attached hydrogen (secondary N) is 1. The minimum atomic E-state index is 0.354. The zero-order valence-electron chi connectivity index (χ0n) is 7.69. The van der Waals surface area contributed by atoms with E-state index in [4.69, 9.17) is 5.73 Å². The van der Waals surface area contributed by atoms with Gasteiger partial charge in [0.15, 0.2) is 0 Å². The van der Waals surface area contributed by atoms with Crippen molar-refractivity contribution in [2.24, 2.45) is 11.1 Å². The average Bonchev–Trinajstić information content (AvgIpc) is 2.05. The van der Waals surface area contributed by atoms with E-state index in [1.165, 1.54) is 25.7 Å². The molecule has 0 aliphatic heterocycles. The molecule has 2 unspecified atom stereocenters. The van der Waals surface area contributed by atoms with Gasteiger partial charge in [0.25, 0.3) is 0 Å². The summed E-state index contributed by atoms with van der Waals surface area (Å²) < 4.78 is 0. The largest absolute Gasteiger partial charge is 0.330 e. The fourth-order valence-electron chi connectivity index (χ4n) is 2.14. The summed E-state index contributed by atoms with van der Waals surface area (Å²) in [6.07, 6.45) is 5.30. The Bertz CT molecular complexity index is 125. The van der Waals surface area contributed by atoms with Crippen LogP contribution in [0.15, 0.2) is 0 Å². The zero-order valence-corrected chi connectivity index (χ0v) is 7.69. The van der Waals surface area contributed by atoms with Crippen molar-refractivity contribution in [3.05, 3.63) is 0 Å². The number of rotatable bonds is 2. The van der Waals surface area contributed by atoms with Crippen LogP contribution in [0.5, 0.6) is 0 Å². The Hall–Kier alpha value is -0.0800. The summed E-state index contributed by atoms with van der Waals surface area (Å²) in [7, 11) is 2.05. The first kappa shape index (κ1) is 9.01. The predicted octanol–water partition coefficient (Wildman–Crippen LogP) is 1.11. The van der Waals surface area contributed by atoms with Gasteiger partial charge in [-0.25, -0.2) is 0 Å². The smallest absolute Gasteiger partial charge is 0.0130 e. The molecule has 0 radical (unpaired) electrons. The third-order valence-corrected chi connectivity index (χ3v) is 3.15. The molecule has 66 valence electrons. The monoisotopic (exact) mass is 156 g/mol. The number of hydrogen-bond acceptors (Lipinski definition) is 2. The van der Waals surface area contributed by atoms with E-state index in [1.54, 1.807) is 0 Å². The fraction of sp³-hybridized carbons (Fsp3) is 1.00. The van der Waals surface area contributed by atoms with E-state index < -0.39 is 0 Å². The molecule has 1 saturated carbocycles. The summed E-state index contributed by atoms with van der Waals surface area (Å²) in [5.74, 6) is 0. The second-order valence-corrected chi connectivity index (χ2v) is 3.95. The van der Waals surface area contributed by atoms with Crippen LogP contribution in [-0.4, -0.2) is 19.6 Å². The maximum Gasteiger partial charge on any atom is 0.0130 e. The summed E-state index contributed by atoms with van der Waals surface area (Å²) in [6, 6.07) is 0.640. The summed E-state index contributed by atoms with van der Waals surface area (Å²) >= 11 is 0. The van der Waals surface area contributed by atoms with Crippen molar-refractivity contribution in [1.82, 2.24) is 5.32 Å². The Labute approximate surface area is 69.5 Å². The minimum Gasteiger partial charge on any atom is -0.330 e. The van der Waals surface area contributed by atoms with Gasteiger partial charge in [0, 0.05) is 6.04 Å². The van der Waals surface area contributed by atoms with Crippen molar-refractivity contribution in [1.29, 1.82) is 0 Å². The molecule has 1 aliphatic rings.